The summed E-state index contributed by atoms with van der Waals surface area (Å²) in [6.07, 6.45) is 1.19. The Labute approximate surface area is 239 Å². The normalized spacial score (nSPS) is 19.9. The zero-order valence-electron chi connectivity index (χ0n) is 22.6. The van der Waals surface area contributed by atoms with Gasteiger partial charge in [0.2, 0.25) is 11.8 Å². The van der Waals surface area contributed by atoms with Gasteiger partial charge >= 0.3 is 5.97 Å². The highest BCUT2D eigenvalue weighted by Crippen LogP contribution is 2.40. The van der Waals surface area contributed by atoms with Gasteiger partial charge in [0.15, 0.2) is 0 Å². The van der Waals surface area contributed by atoms with E-state index in [-0.39, 0.29) is 24.4 Å². The highest BCUT2D eigenvalue weighted by molar-refractivity contribution is 5.93. The Morgan fingerprint density at radius 3 is 1.37 bits per heavy atom. The molecule has 2 amide bonds. The lowest BCUT2D eigenvalue weighted by atomic mass is 9.87. The maximum atomic E-state index is 14.4. The topological polar surface area (TPSA) is 77.9 Å². The van der Waals surface area contributed by atoms with Crippen LogP contribution in [0.4, 0.5) is 0 Å². The third-order valence-corrected chi connectivity index (χ3v) is 8.47. The molecule has 2 heterocycles. The number of carboxylic acids is 1. The lowest BCUT2D eigenvalue weighted by molar-refractivity contribution is -0.161. The van der Waals surface area contributed by atoms with E-state index < -0.39 is 29.9 Å². The Hall–Kier alpha value is -4.71. The Morgan fingerprint density at radius 2 is 0.976 bits per heavy atom. The second kappa shape index (κ2) is 11.4. The predicted octanol–water partition coefficient (Wildman–Crippen LogP) is 5.31. The Morgan fingerprint density at radius 1 is 0.585 bits per heavy atom. The molecule has 2 aliphatic rings. The standard InChI is InChI=1S/C35H32N2O4/c38-33(30(24-13-5-1-6-14-24)25-15-7-2-8-16-25)36-23-28-21-22-29(32(36)35(40)41)37(28)34(39)31(26-17-9-3-10-18-26)27-19-11-4-12-20-27/h1-20,28-32H,21-23H2,(H,40,41)/t28-,29-,32+/m0/s1. The van der Waals surface area contributed by atoms with Crippen LogP contribution in [0.15, 0.2) is 121 Å². The van der Waals surface area contributed by atoms with Crippen molar-refractivity contribution in [2.24, 2.45) is 0 Å². The fourth-order valence-corrected chi connectivity index (χ4v) is 6.67. The number of aliphatic carboxylic acids is 1. The minimum atomic E-state index is -1.13. The predicted molar refractivity (Wildman–Crippen MR) is 156 cm³/mol. The molecule has 6 heteroatoms. The summed E-state index contributed by atoms with van der Waals surface area (Å²) in [5.74, 6) is -2.64. The Kier molecular flexibility index (Phi) is 7.38. The second-order valence-electron chi connectivity index (χ2n) is 10.8. The smallest absolute Gasteiger partial charge is 0.328 e. The molecule has 206 valence electrons. The van der Waals surface area contributed by atoms with Crippen LogP contribution in [0.3, 0.4) is 0 Å². The van der Waals surface area contributed by atoms with Gasteiger partial charge in [-0.2, -0.15) is 0 Å². The fourth-order valence-electron chi connectivity index (χ4n) is 6.67. The van der Waals surface area contributed by atoms with E-state index in [0.29, 0.717) is 12.8 Å². The molecule has 6 nitrogen and oxygen atoms in total. The van der Waals surface area contributed by atoms with Crippen LogP contribution in [0.2, 0.25) is 0 Å². The maximum absolute atomic E-state index is 14.4. The summed E-state index contributed by atoms with van der Waals surface area (Å²) in [4.78, 5) is 45.0. The largest absolute Gasteiger partial charge is 0.480 e. The van der Waals surface area contributed by atoms with Crippen molar-refractivity contribution in [3.05, 3.63) is 144 Å². The molecule has 0 saturated carbocycles. The highest BCUT2D eigenvalue weighted by atomic mass is 16.4. The molecule has 2 bridgehead atoms. The minimum absolute atomic E-state index is 0.115. The fraction of sp³-hybridized carbons (Fsp3) is 0.229. The summed E-state index contributed by atoms with van der Waals surface area (Å²) in [6.45, 7) is 0.185. The lowest BCUT2D eigenvalue weighted by Gasteiger charge is -2.47. The van der Waals surface area contributed by atoms with Crippen molar-refractivity contribution in [3.8, 4) is 0 Å². The molecule has 6 rings (SSSR count). The second-order valence-corrected chi connectivity index (χ2v) is 10.8. The van der Waals surface area contributed by atoms with Gasteiger partial charge in [-0.15, -0.1) is 0 Å². The van der Waals surface area contributed by atoms with Gasteiger partial charge < -0.3 is 14.9 Å². The van der Waals surface area contributed by atoms with Gasteiger partial charge in [-0.05, 0) is 35.1 Å². The summed E-state index contributed by atoms with van der Waals surface area (Å²) < 4.78 is 0. The molecule has 0 aromatic heterocycles. The van der Waals surface area contributed by atoms with Crippen LogP contribution in [-0.2, 0) is 14.4 Å². The van der Waals surface area contributed by atoms with Gasteiger partial charge in [-0.1, -0.05) is 121 Å². The SMILES string of the molecule is O=C(O)[C@H]1[C@@H]2CC[C@@H](CN1C(=O)C(c1ccccc1)c1ccccc1)N2C(=O)C(c1ccccc1)c1ccccc1. The molecule has 1 N–H and O–H groups in total. The summed E-state index contributed by atoms with van der Waals surface area (Å²) in [7, 11) is 0. The third-order valence-electron chi connectivity index (χ3n) is 8.47. The van der Waals surface area contributed by atoms with Gasteiger partial charge in [0.05, 0.1) is 17.9 Å². The molecule has 2 aliphatic heterocycles. The molecule has 0 aliphatic carbocycles. The molecular formula is C35H32N2O4. The molecule has 4 aromatic rings. The van der Waals surface area contributed by atoms with Crippen molar-refractivity contribution in [1.82, 2.24) is 9.80 Å². The van der Waals surface area contributed by atoms with E-state index in [1.54, 1.807) is 4.90 Å². The first-order valence-electron chi connectivity index (χ1n) is 14.1. The number of hydrogen-bond acceptors (Lipinski definition) is 3. The van der Waals surface area contributed by atoms with Crippen LogP contribution < -0.4 is 0 Å². The molecule has 0 radical (unpaired) electrons. The van der Waals surface area contributed by atoms with Crippen molar-refractivity contribution in [1.29, 1.82) is 0 Å². The van der Waals surface area contributed by atoms with Crippen molar-refractivity contribution < 1.29 is 19.5 Å². The van der Waals surface area contributed by atoms with E-state index in [1.165, 1.54) is 4.90 Å². The first kappa shape index (κ1) is 26.5. The minimum Gasteiger partial charge on any atom is -0.480 e. The molecule has 2 saturated heterocycles. The Bertz CT molecular complexity index is 1430. The number of carboxylic acid groups (broad SMARTS) is 1. The van der Waals surface area contributed by atoms with E-state index in [0.717, 1.165) is 22.3 Å². The van der Waals surface area contributed by atoms with Crippen molar-refractivity contribution >= 4 is 17.8 Å². The molecule has 3 atom stereocenters. The van der Waals surface area contributed by atoms with E-state index in [9.17, 15) is 19.5 Å². The molecule has 2 fully saturated rings. The number of nitrogens with zero attached hydrogens (tertiary/aromatic N) is 2. The number of carbonyl (C=O) groups excluding carboxylic acids is 2. The summed E-state index contributed by atoms with van der Waals surface area (Å²) in [5, 5.41) is 10.5. The van der Waals surface area contributed by atoms with Crippen LogP contribution >= 0.6 is 0 Å². The van der Waals surface area contributed by atoms with Gasteiger partial charge in [0, 0.05) is 12.6 Å². The van der Waals surface area contributed by atoms with E-state index >= 15 is 0 Å². The van der Waals surface area contributed by atoms with Crippen LogP contribution in [0.25, 0.3) is 0 Å². The lowest BCUT2D eigenvalue weighted by Crippen LogP contribution is -2.66. The number of likely N-dealkylation sites (tertiary alicyclic amines) is 1. The first-order chi connectivity index (χ1) is 20.0. The van der Waals surface area contributed by atoms with Gasteiger partial charge in [-0.25, -0.2) is 4.79 Å². The van der Waals surface area contributed by atoms with Gasteiger partial charge in [0.25, 0.3) is 0 Å². The number of hydrogen-bond donors (Lipinski definition) is 1. The Balaban J connectivity index is 1.36. The third kappa shape index (κ3) is 5.02. The number of amides is 2. The average molecular weight is 545 g/mol. The van der Waals surface area contributed by atoms with Crippen LogP contribution in [-0.4, -0.2) is 57.4 Å². The number of carbonyl (C=O) groups is 3. The first-order valence-corrected chi connectivity index (χ1v) is 14.1. The number of piperazine rings is 1. The number of fused-ring (bicyclic) bond motifs is 2. The average Bonchev–Trinajstić information content (AvgIpc) is 3.31. The summed E-state index contributed by atoms with van der Waals surface area (Å²) in [5.41, 5.74) is 3.35. The zero-order chi connectivity index (χ0) is 28.3. The molecule has 0 unspecified atom stereocenters. The van der Waals surface area contributed by atoms with Crippen LogP contribution in [0.1, 0.15) is 46.9 Å². The van der Waals surface area contributed by atoms with Gasteiger partial charge in [0.1, 0.15) is 6.04 Å². The zero-order valence-corrected chi connectivity index (χ0v) is 22.6. The molecule has 0 spiro atoms. The molecule has 41 heavy (non-hydrogen) atoms. The van der Waals surface area contributed by atoms with E-state index in [1.807, 2.05) is 121 Å². The molecular weight excluding hydrogens is 512 g/mol. The van der Waals surface area contributed by atoms with Crippen molar-refractivity contribution in [2.75, 3.05) is 6.54 Å². The monoisotopic (exact) mass is 544 g/mol. The van der Waals surface area contributed by atoms with Crippen molar-refractivity contribution in [2.45, 2.75) is 42.8 Å². The van der Waals surface area contributed by atoms with Gasteiger partial charge in [-0.3, -0.25) is 9.59 Å². The van der Waals surface area contributed by atoms with Crippen LogP contribution in [0, 0.1) is 0 Å². The van der Waals surface area contributed by atoms with E-state index in [2.05, 4.69) is 0 Å². The quantitative estimate of drug-likeness (QED) is 0.342. The number of rotatable bonds is 7. The highest BCUT2D eigenvalue weighted by Gasteiger charge is 2.54. The number of benzene rings is 4. The summed E-state index contributed by atoms with van der Waals surface area (Å²) in [6, 6.07) is 36.2. The van der Waals surface area contributed by atoms with E-state index in [4.69, 9.17) is 0 Å². The molecule has 4 aromatic carbocycles. The maximum Gasteiger partial charge on any atom is 0.328 e. The van der Waals surface area contributed by atoms with Crippen LogP contribution in [0.5, 0.6) is 0 Å². The summed E-state index contributed by atoms with van der Waals surface area (Å²) >= 11 is 0. The van der Waals surface area contributed by atoms with Crippen molar-refractivity contribution in [3.63, 3.8) is 0 Å².